The molecule has 1 heterocycles. The molecule has 3 rings (SSSR count). The van der Waals surface area contributed by atoms with Crippen LogP contribution in [0.5, 0.6) is 0 Å². The number of amides is 1. The van der Waals surface area contributed by atoms with Gasteiger partial charge in [-0.2, -0.15) is 4.98 Å². The summed E-state index contributed by atoms with van der Waals surface area (Å²) < 4.78 is 18.4. The molecule has 6 nitrogen and oxygen atoms in total. The van der Waals surface area contributed by atoms with Crippen LogP contribution in [-0.4, -0.2) is 22.6 Å². The number of nitrogens with zero attached hydrogens (tertiary/aromatic N) is 3. The van der Waals surface area contributed by atoms with Gasteiger partial charge < -0.3 is 15.2 Å². The van der Waals surface area contributed by atoms with Crippen LogP contribution in [0.25, 0.3) is 11.5 Å². The van der Waals surface area contributed by atoms with E-state index < -0.39 is 5.91 Å². The molecule has 2 N–H and O–H groups in total. The number of benzene rings is 2. The molecule has 7 heteroatoms. The zero-order valence-corrected chi connectivity index (χ0v) is 13.4. The summed E-state index contributed by atoms with van der Waals surface area (Å²) in [6.07, 6.45) is 0.167. The van der Waals surface area contributed by atoms with E-state index in [0.717, 1.165) is 11.3 Å². The van der Waals surface area contributed by atoms with E-state index in [9.17, 15) is 9.18 Å². The first-order valence-corrected chi connectivity index (χ1v) is 7.78. The van der Waals surface area contributed by atoms with Crippen LogP contribution in [0.15, 0.2) is 59.1 Å². The molecular weight excluding hydrogens is 323 g/mol. The highest BCUT2D eigenvalue weighted by molar-refractivity contribution is 5.74. The Labute approximate surface area is 144 Å². The van der Waals surface area contributed by atoms with Crippen molar-refractivity contribution in [1.82, 2.24) is 10.1 Å². The average Bonchev–Trinajstić information content (AvgIpc) is 3.09. The molecular formula is C18H17FN4O2. The Morgan fingerprint density at radius 1 is 1.12 bits per heavy atom. The highest BCUT2D eigenvalue weighted by Gasteiger charge is 2.14. The predicted octanol–water partition coefficient (Wildman–Crippen LogP) is 2.76. The Bertz CT molecular complexity index is 834. The smallest absolute Gasteiger partial charge is 0.257 e. The lowest BCUT2D eigenvalue weighted by Gasteiger charge is -2.22. The molecule has 1 aromatic heterocycles. The minimum Gasteiger partial charge on any atom is -0.370 e. The summed E-state index contributed by atoms with van der Waals surface area (Å²) in [6, 6.07) is 15.4. The summed E-state index contributed by atoms with van der Waals surface area (Å²) >= 11 is 0. The lowest BCUT2D eigenvalue weighted by Crippen LogP contribution is -2.28. The molecule has 2 aromatic carbocycles. The predicted molar refractivity (Wildman–Crippen MR) is 91.0 cm³/mol. The number of carbonyl (C=O) groups is 1. The van der Waals surface area contributed by atoms with E-state index in [1.165, 1.54) is 12.1 Å². The van der Waals surface area contributed by atoms with Gasteiger partial charge in [0.2, 0.25) is 5.91 Å². The van der Waals surface area contributed by atoms with Crippen LogP contribution in [0.1, 0.15) is 12.2 Å². The van der Waals surface area contributed by atoms with Crippen molar-refractivity contribution in [2.45, 2.75) is 13.0 Å². The van der Waals surface area contributed by atoms with Gasteiger partial charge in [-0.25, -0.2) is 4.39 Å². The van der Waals surface area contributed by atoms with Gasteiger partial charge in [0.15, 0.2) is 5.82 Å². The number of hydrogen-bond donors (Lipinski definition) is 1. The van der Waals surface area contributed by atoms with Gasteiger partial charge in [-0.15, -0.1) is 0 Å². The highest BCUT2D eigenvalue weighted by atomic mass is 19.1. The zero-order valence-electron chi connectivity index (χ0n) is 13.4. The van der Waals surface area contributed by atoms with E-state index in [1.54, 1.807) is 12.1 Å². The number of carbonyl (C=O) groups excluding carboxylic acids is 1. The summed E-state index contributed by atoms with van der Waals surface area (Å²) in [5.41, 5.74) is 6.81. The fraction of sp³-hybridized carbons (Fsp3) is 0.167. The van der Waals surface area contributed by atoms with Crippen LogP contribution in [0.3, 0.4) is 0 Å². The van der Waals surface area contributed by atoms with Gasteiger partial charge >= 0.3 is 0 Å². The van der Waals surface area contributed by atoms with E-state index >= 15 is 0 Å². The number of halogens is 1. The van der Waals surface area contributed by atoms with Crippen molar-refractivity contribution in [2.24, 2.45) is 5.73 Å². The number of primary amides is 1. The molecule has 0 radical (unpaired) electrons. The molecule has 128 valence electrons. The van der Waals surface area contributed by atoms with Gasteiger partial charge in [-0.1, -0.05) is 23.4 Å². The summed E-state index contributed by atoms with van der Waals surface area (Å²) in [7, 11) is 0. The van der Waals surface area contributed by atoms with Crippen molar-refractivity contribution < 1.29 is 13.7 Å². The number of aromatic nitrogens is 2. The first-order chi connectivity index (χ1) is 12.1. The Balaban J connectivity index is 1.79. The Morgan fingerprint density at radius 3 is 2.52 bits per heavy atom. The lowest BCUT2D eigenvalue weighted by atomic mass is 10.2. The van der Waals surface area contributed by atoms with Crippen LogP contribution < -0.4 is 10.6 Å². The SMILES string of the molecule is NC(=O)CCN(Cc1noc(-c2ccccc2)n1)c1ccc(F)cc1. The molecule has 0 aliphatic rings. The zero-order chi connectivity index (χ0) is 17.6. The quantitative estimate of drug-likeness (QED) is 0.715. The van der Waals surface area contributed by atoms with Crippen LogP contribution >= 0.6 is 0 Å². The van der Waals surface area contributed by atoms with E-state index in [1.807, 2.05) is 35.2 Å². The number of nitrogens with two attached hydrogens (primary N) is 1. The summed E-state index contributed by atoms with van der Waals surface area (Å²) in [5.74, 6) is 0.145. The largest absolute Gasteiger partial charge is 0.370 e. The van der Waals surface area contributed by atoms with Gasteiger partial charge in [0.05, 0.1) is 6.54 Å². The van der Waals surface area contributed by atoms with Gasteiger partial charge in [0.25, 0.3) is 5.89 Å². The second-order valence-electron chi connectivity index (χ2n) is 5.50. The molecule has 0 saturated carbocycles. The van der Waals surface area contributed by atoms with Gasteiger partial charge in [-0.3, -0.25) is 4.79 Å². The number of hydrogen-bond acceptors (Lipinski definition) is 5. The summed E-state index contributed by atoms with van der Waals surface area (Å²) in [6.45, 7) is 0.686. The molecule has 0 aliphatic heterocycles. The van der Waals surface area contributed by atoms with Gasteiger partial charge in [0.1, 0.15) is 5.82 Å². The Kier molecular flexibility index (Phi) is 5.03. The number of anilines is 1. The fourth-order valence-electron chi connectivity index (χ4n) is 2.38. The minimum absolute atomic E-state index is 0.167. The molecule has 0 aliphatic carbocycles. The summed E-state index contributed by atoms with van der Waals surface area (Å²) in [5, 5.41) is 3.98. The maximum Gasteiger partial charge on any atom is 0.257 e. The molecule has 0 atom stereocenters. The fourth-order valence-corrected chi connectivity index (χ4v) is 2.38. The van der Waals surface area contributed by atoms with Crippen LogP contribution in [0.2, 0.25) is 0 Å². The monoisotopic (exact) mass is 340 g/mol. The van der Waals surface area contributed by atoms with Crippen molar-refractivity contribution in [2.75, 3.05) is 11.4 Å². The molecule has 0 bridgehead atoms. The number of rotatable bonds is 7. The molecule has 0 fully saturated rings. The average molecular weight is 340 g/mol. The normalized spacial score (nSPS) is 10.6. The van der Waals surface area contributed by atoms with E-state index in [-0.39, 0.29) is 12.2 Å². The van der Waals surface area contributed by atoms with Gasteiger partial charge in [-0.05, 0) is 36.4 Å². The third-order valence-electron chi connectivity index (χ3n) is 3.64. The molecule has 1 amide bonds. The topological polar surface area (TPSA) is 85.3 Å². The minimum atomic E-state index is -0.412. The van der Waals surface area contributed by atoms with Crippen molar-refractivity contribution in [3.05, 3.63) is 66.2 Å². The second-order valence-corrected chi connectivity index (χ2v) is 5.50. The first-order valence-electron chi connectivity index (χ1n) is 7.78. The third-order valence-corrected chi connectivity index (χ3v) is 3.64. The van der Waals surface area contributed by atoms with E-state index in [0.29, 0.717) is 24.8 Å². The Morgan fingerprint density at radius 2 is 1.84 bits per heavy atom. The summed E-state index contributed by atoms with van der Waals surface area (Å²) in [4.78, 5) is 17.3. The molecule has 0 unspecified atom stereocenters. The van der Waals surface area contributed by atoms with E-state index in [2.05, 4.69) is 10.1 Å². The van der Waals surface area contributed by atoms with Crippen molar-refractivity contribution in [1.29, 1.82) is 0 Å². The molecule has 0 saturated heterocycles. The van der Waals surface area contributed by atoms with Crippen LogP contribution in [0.4, 0.5) is 10.1 Å². The molecule has 0 spiro atoms. The van der Waals surface area contributed by atoms with Crippen molar-refractivity contribution >= 4 is 11.6 Å². The highest BCUT2D eigenvalue weighted by Crippen LogP contribution is 2.20. The third kappa shape index (κ3) is 4.41. The van der Waals surface area contributed by atoms with Crippen molar-refractivity contribution in [3.8, 4) is 11.5 Å². The standard InChI is InChI=1S/C18H17FN4O2/c19-14-6-8-15(9-7-14)23(11-10-16(20)24)12-17-21-18(25-22-17)13-4-2-1-3-5-13/h1-9H,10-12H2,(H2,20,24). The van der Waals surface area contributed by atoms with E-state index in [4.69, 9.17) is 10.3 Å². The van der Waals surface area contributed by atoms with Crippen molar-refractivity contribution in [3.63, 3.8) is 0 Å². The molecule has 3 aromatic rings. The second kappa shape index (κ2) is 7.57. The van der Waals surface area contributed by atoms with Gasteiger partial charge in [0, 0.05) is 24.2 Å². The Hall–Kier alpha value is -3.22. The van der Waals surface area contributed by atoms with Crippen LogP contribution in [-0.2, 0) is 11.3 Å². The first kappa shape index (κ1) is 16.6. The maximum absolute atomic E-state index is 13.1. The van der Waals surface area contributed by atoms with Crippen LogP contribution in [0, 0.1) is 5.82 Å². The molecule has 25 heavy (non-hydrogen) atoms. The maximum atomic E-state index is 13.1. The lowest BCUT2D eigenvalue weighted by molar-refractivity contribution is -0.117.